The summed E-state index contributed by atoms with van der Waals surface area (Å²) in [5, 5.41) is 21.7. The highest BCUT2D eigenvalue weighted by atomic mass is 32.2. The van der Waals surface area contributed by atoms with Gasteiger partial charge < -0.3 is 14.3 Å². The number of nitro groups is 1. The molecule has 36 heavy (non-hydrogen) atoms. The monoisotopic (exact) mass is 504 g/mol. The molecule has 0 bridgehead atoms. The van der Waals surface area contributed by atoms with Crippen LogP contribution in [0.3, 0.4) is 0 Å². The quantitative estimate of drug-likeness (QED) is 0.251. The number of non-ortho nitro benzene ring substituents is 1. The molecule has 1 aromatic heterocycles. The summed E-state index contributed by atoms with van der Waals surface area (Å²) in [5.41, 5.74) is 1.71. The van der Waals surface area contributed by atoms with Gasteiger partial charge in [0.15, 0.2) is 0 Å². The van der Waals surface area contributed by atoms with Gasteiger partial charge in [-0.2, -0.15) is 0 Å². The van der Waals surface area contributed by atoms with Crippen molar-refractivity contribution < 1.29 is 28.8 Å². The number of amides is 1. The second kappa shape index (κ2) is 10.4. The van der Waals surface area contributed by atoms with Gasteiger partial charge in [-0.05, 0) is 56.3 Å². The number of nitrogens with zero attached hydrogens (tertiary/aromatic N) is 2. The molecule has 3 aromatic rings. The van der Waals surface area contributed by atoms with Crippen molar-refractivity contribution in [3.05, 3.63) is 104 Å². The summed E-state index contributed by atoms with van der Waals surface area (Å²) in [6.45, 7) is 3.60. The molecule has 10 heteroatoms. The molecule has 1 N–H and O–H groups in total. The molecular formula is C26H20N2O7S. The molecule has 0 saturated carbocycles. The first-order chi connectivity index (χ1) is 17.3. The summed E-state index contributed by atoms with van der Waals surface area (Å²) >= 11 is 0.943. The number of nitro benzene ring substituents is 1. The predicted molar refractivity (Wildman–Crippen MR) is 136 cm³/mol. The van der Waals surface area contributed by atoms with Gasteiger partial charge in [0.1, 0.15) is 27.9 Å². The molecule has 1 amide bonds. The van der Waals surface area contributed by atoms with Crippen molar-refractivity contribution in [1.82, 2.24) is 0 Å². The van der Waals surface area contributed by atoms with Crippen LogP contribution in [0.5, 0.6) is 0 Å². The maximum atomic E-state index is 12.7. The number of carbonyl (C=O) groups excluding carboxylic acids is 2. The van der Waals surface area contributed by atoms with Crippen molar-refractivity contribution in [2.24, 2.45) is 4.99 Å². The third-order valence-electron chi connectivity index (χ3n) is 5.13. The lowest BCUT2D eigenvalue weighted by Crippen LogP contribution is -2.14. The number of carbonyl (C=O) groups is 2. The van der Waals surface area contributed by atoms with E-state index in [2.05, 4.69) is 4.99 Å². The van der Waals surface area contributed by atoms with Gasteiger partial charge in [-0.3, -0.25) is 14.9 Å². The average molecular weight is 505 g/mol. The minimum absolute atomic E-state index is 0.0184. The number of aliphatic hydroxyl groups excluding tert-OH is 1. The average Bonchev–Trinajstić information content (AvgIpc) is 3.44. The summed E-state index contributed by atoms with van der Waals surface area (Å²) in [4.78, 5) is 39.9. The fourth-order valence-electron chi connectivity index (χ4n) is 3.31. The highest BCUT2D eigenvalue weighted by Gasteiger charge is 2.34. The van der Waals surface area contributed by atoms with Crippen molar-refractivity contribution in [1.29, 1.82) is 0 Å². The second-order valence-electron chi connectivity index (χ2n) is 7.65. The van der Waals surface area contributed by atoms with Crippen LogP contribution in [0.25, 0.3) is 17.4 Å². The molecule has 9 nitrogen and oxygen atoms in total. The Morgan fingerprint density at radius 2 is 1.81 bits per heavy atom. The van der Waals surface area contributed by atoms with Crippen LogP contribution < -0.4 is 0 Å². The number of ether oxygens (including phenoxy) is 1. The minimum atomic E-state index is -0.799. The number of hydrogen-bond donors (Lipinski definition) is 1. The normalized spacial score (nSPS) is 15.5. The van der Waals surface area contributed by atoms with E-state index >= 15 is 0 Å². The SMILES string of the molecule is CCOC(=O)C1=C(O)/C(=C/c2ccc(-c3ccc([N+](=O)[O-])cc3)o2)SC1=NC(=O)c1ccc(C)cc1. The number of rotatable bonds is 6. The Morgan fingerprint density at radius 1 is 1.11 bits per heavy atom. The second-order valence-corrected chi connectivity index (χ2v) is 8.68. The van der Waals surface area contributed by atoms with E-state index in [9.17, 15) is 24.8 Å². The zero-order chi connectivity index (χ0) is 25.8. The van der Waals surface area contributed by atoms with Gasteiger partial charge in [0.25, 0.3) is 11.6 Å². The lowest BCUT2D eigenvalue weighted by atomic mass is 10.1. The minimum Gasteiger partial charge on any atom is -0.506 e. The lowest BCUT2D eigenvalue weighted by Gasteiger charge is -2.03. The lowest BCUT2D eigenvalue weighted by molar-refractivity contribution is -0.384. The van der Waals surface area contributed by atoms with E-state index in [1.165, 1.54) is 18.2 Å². The fourth-order valence-corrected chi connectivity index (χ4v) is 4.30. The summed E-state index contributed by atoms with van der Waals surface area (Å²) in [7, 11) is 0. The Kier molecular flexibility index (Phi) is 7.16. The summed E-state index contributed by atoms with van der Waals surface area (Å²) < 4.78 is 10.9. The highest BCUT2D eigenvalue weighted by Crippen LogP contribution is 2.40. The van der Waals surface area contributed by atoms with Crippen LogP contribution in [0.4, 0.5) is 5.69 Å². The van der Waals surface area contributed by atoms with Crippen molar-refractivity contribution in [3.63, 3.8) is 0 Å². The number of thioether (sulfide) groups is 1. The van der Waals surface area contributed by atoms with Crippen LogP contribution in [0.1, 0.15) is 28.6 Å². The maximum absolute atomic E-state index is 12.7. The molecule has 1 aliphatic rings. The van der Waals surface area contributed by atoms with E-state index in [1.807, 2.05) is 6.92 Å². The molecule has 0 fully saturated rings. The molecular weight excluding hydrogens is 484 g/mol. The molecule has 182 valence electrons. The molecule has 0 aliphatic carbocycles. The number of furan rings is 1. The van der Waals surface area contributed by atoms with Gasteiger partial charge in [0, 0.05) is 23.3 Å². The van der Waals surface area contributed by atoms with Crippen molar-refractivity contribution >= 4 is 40.4 Å². The highest BCUT2D eigenvalue weighted by molar-refractivity contribution is 8.18. The van der Waals surface area contributed by atoms with Gasteiger partial charge in [-0.1, -0.05) is 29.5 Å². The van der Waals surface area contributed by atoms with Crippen LogP contribution in [0.2, 0.25) is 0 Å². The molecule has 0 unspecified atom stereocenters. The van der Waals surface area contributed by atoms with Crippen molar-refractivity contribution in [2.75, 3.05) is 6.61 Å². The summed E-state index contributed by atoms with van der Waals surface area (Å²) in [6.07, 6.45) is 1.51. The molecule has 4 rings (SSSR count). The fraction of sp³-hybridized carbons (Fsp3) is 0.115. The number of aryl methyl sites for hydroxylation is 1. The van der Waals surface area contributed by atoms with Crippen LogP contribution in [0, 0.1) is 17.0 Å². The van der Waals surface area contributed by atoms with Crippen LogP contribution in [-0.4, -0.2) is 33.6 Å². The number of benzene rings is 2. The number of esters is 1. The van der Waals surface area contributed by atoms with Gasteiger partial charge in [0.05, 0.1) is 16.4 Å². The van der Waals surface area contributed by atoms with Gasteiger partial charge in [-0.25, -0.2) is 9.79 Å². The van der Waals surface area contributed by atoms with E-state index in [0.717, 1.165) is 17.3 Å². The van der Waals surface area contributed by atoms with Crippen molar-refractivity contribution in [2.45, 2.75) is 13.8 Å². The van der Waals surface area contributed by atoms with Crippen LogP contribution >= 0.6 is 11.8 Å². The Hall–Kier alpha value is -4.44. The summed E-state index contributed by atoms with van der Waals surface area (Å²) in [5.74, 6) is -0.926. The first-order valence-corrected chi connectivity index (χ1v) is 11.6. The predicted octanol–water partition coefficient (Wildman–Crippen LogP) is 5.87. The zero-order valence-electron chi connectivity index (χ0n) is 19.3. The van der Waals surface area contributed by atoms with Gasteiger partial charge in [0.2, 0.25) is 0 Å². The van der Waals surface area contributed by atoms with E-state index < -0.39 is 16.8 Å². The van der Waals surface area contributed by atoms with Crippen LogP contribution in [-0.2, 0) is 9.53 Å². The van der Waals surface area contributed by atoms with E-state index in [1.54, 1.807) is 55.5 Å². The van der Waals surface area contributed by atoms with E-state index in [-0.39, 0.29) is 33.6 Å². The van der Waals surface area contributed by atoms with Crippen LogP contribution in [0.15, 0.2) is 86.3 Å². The standard InChI is InChI=1S/C26H20N2O7S/c1-3-34-26(31)22-23(29)21(36-25(22)27-24(30)17-6-4-15(2)5-7-17)14-19-12-13-20(35-19)16-8-10-18(11-9-16)28(32)33/h4-14,29H,3H2,1-2H3/b21-14-,27-25?. The van der Waals surface area contributed by atoms with Gasteiger partial charge in [-0.15, -0.1) is 0 Å². The molecule has 2 heterocycles. The van der Waals surface area contributed by atoms with E-state index in [0.29, 0.717) is 22.6 Å². The molecule has 0 saturated heterocycles. The number of aliphatic imine (C=N–C) groups is 1. The summed E-state index contributed by atoms with van der Waals surface area (Å²) in [6, 6.07) is 16.0. The number of aliphatic hydroxyl groups is 1. The smallest absolute Gasteiger partial charge is 0.344 e. The largest absolute Gasteiger partial charge is 0.506 e. The first-order valence-electron chi connectivity index (χ1n) is 10.8. The molecule has 0 radical (unpaired) electrons. The topological polar surface area (TPSA) is 132 Å². The van der Waals surface area contributed by atoms with Crippen molar-refractivity contribution in [3.8, 4) is 11.3 Å². The zero-order valence-corrected chi connectivity index (χ0v) is 20.1. The molecule has 0 atom stereocenters. The molecule has 1 aliphatic heterocycles. The Labute approximate surface area is 210 Å². The molecule has 0 spiro atoms. The Balaban J connectivity index is 1.65. The third-order valence-corrected chi connectivity index (χ3v) is 6.15. The van der Waals surface area contributed by atoms with Gasteiger partial charge >= 0.3 is 5.97 Å². The third kappa shape index (κ3) is 5.28. The van der Waals surface area contributed by atoms with E-state index in [4.69, 9.17) is 9.15 Å². The molecule has 2 aromatic carbocycles. The maximum Gasteiger partial charge on any atom is 0.344 e. The number of hydrogen-bond acceptors (Lipinski definition) is 8. The Bertz CT molecular complexity index is 1430. The Morgan fingerprint density at radius 3 is 2.44 bits per heavy atom. The first kappa shape index (κ1) is 24.7.